The van der Waals surface area contributed by atoms with E-state index < -0.39 is 0 Å². The molecule has 3 heterocycles. The van der Waals surface area contributed by atoms with Crippen LogP contribution in [0.4, 0.5) is 0 Å². The molecule has 5 aromatic carbocycles. The fraction of sp³-hybridized carbons (Fsp3) is 0.135. The summed E-state index contributed by atoms with van der Waals surface area (Å²) < 4.78 is 8.71. The first-order chi connectivity index (χ1) is 20.0. The summed E-state index contributed by atoms with van der Waals surface area (Å²) in [5, 5.41) is 7.19. The Hall–Kier alpha value is -4.96. The average molecular weight is 532 g/mol. The summed E-state index contributed by atoms with van der Waals surface area (Å²) in [6.07, 6.45) is 0. The summed E-state index contributed by atoms with van der Waals surface area (Å²) in [4.78, 5) is 9.93. The van der Waals surface area contributed by atoms with Gasteiger partial charge in [0.1, 0.15) is 11.4 Å². The largest absolute Gasteiger partial charge is 0.438 e. The van der Waals surface area contributed by atoms with Crippen LogP contribution in [0.25, 0.3) is 71.7 Å². The summed E-state index contributed by atoms with van der Waals surface area (Å²) in [5.74, 6) is 1.19. The van der Waals surface area contributed by atoms with Crippen LogP contribution in [0.15, 0.2) is 101 Å². The molecule has 0 amide bonds. The van der Waals surface area contributed by atoms with Crippen molar-refractivity contribution in [1.82, 2.24) is 14.5 Å². The van der Waals surface area contributed by atoms with E-state index in [1.54, 1.807) is 0 Å². The lowest BCUT2D eigenvalue weighted by atomic mass is 9.89. The number of furan rings is 1. The number of hydrogen-bond donors (Lipinski definition) is 0. The minimum atomic E-state index is 0.295. The Kier molecular flexibility index (Phi) is 5.11. The lowest BCUT2D eigenvalue weighted by Gasteiger charge is -2.22. The molecule has 0 saturated heterocycles. The summed E-state index contributed by atoms with van der Waals surface area (Å²) in [6, 6.07) is 34.6. The van der Waals surface area contributed by atoms with Crippen LogP contribution < -0.4 is 0 Å². The molecular formula is C37H29N3O. The molecule has 3 aromatic heterocycles. The van der Waals surface area contributed by atoms with Gasteiger partial charge in [-0.1, -0.05) is 80.6 Å². The van der Waals surface area contributed by atoms with Gasteiger partial charge in [-0.15, -0.1) is 0 Å². The average Bonchev–Trinajstić information content (AvgIpc) is 3.54. The summed E-state index contributed by atoms with van der Waals surface area (Å²) in [6.45, 7) is 8.71. The molecular weight excluding hydrogens is 502 g/mol. The fourth-order valence-electron chi connectivity index (χ4n) is 6.68. The van der Waals surface area contributed by atoms with Gasteiger partial charge in [0.25, 0.3) is 0 Å². The Bertz CT molecular complexity index is 2320. The number of para-hydroxylation sites is 2. The van der Waals surface area contributed by atoms with Crippen molar-refractivity contribution < 1.29 is 4.42 Å². The molecule has 8 rings (SSSR count). The molecule has 0 radical (unpaired) electrons. The van der Waals surface area contributed by atoms with Crippen LogP contribution in [0, 0.1) is 13.8 Å². The molecule has 41 heavy (non-hydrogen) atoms. The van der Waals surface area contributed by atoms with Crippen LogP contribution >= 0.6 is 0 Å². The Morgan fingerprint density at radius 3 is 2.15 bits per heavy atom. The van der Waals surface area contributed by atoms with Gasteiger partial charge in [-0.25, -0.2) is 9.97 Å². The van der Waals surface area contributed by atoms with Crippen LogP contribution in [0.3, 0.4) is 0 Å². The highest BCUT2D eigenvalue weighted by Gasteiger charge is 2.23. The lowest BCUT2D eigenvalue weighted by molar-refractivity contribution is 0.652. The monoisotopic (exact) mass is 531 g/mol. The molecule has 4 nitrogen and oxygen atoms in total. The predicted molar refractivity (Wildman–Crippen MR) is 170 cm³/mol. The van der Waals surface area contributed by atoms with Crippen molar-refractivity contribution in [3.05, 3.63) is 114 Å². The number of imidazole rings is 1. The van der Waals surface area contributed by atoms with Gasteiger partial charge < -0.3 is 4.42 Å². The first kappa shape index (κ1) is 23.9. The zero-order valence-electron chi connectivity index (χ0n) is 23.6. The number of pyridine rings is 1. The molecule has 0 aliphatic heterocycles. The van der Waals surface area contributed by atoms with Gasteiger partial charge in [0.15, 0.2) is 0 Å². The summed E-state index contributed by atoms with van der Waals surface area (Å²) in [7, 11) is 0. The van der Waals surface area contributed by atoms with E-state index in [0.717, 1.165) is 44.5 Å². The van der Waals surface area contributed by atoms with E-state index in [4.69, 9.17) is 9.40 Å². The maximum atomic E-state index is 6.34. The first-order valence-corrected chi connectivity index (χ1v) is 14.2. The molecule has 8 aromatic rings. The minimum absolute atomic E-state index is 0.295. The molecule has 0 bridgehead atoms. The molecule has 0 fully saturated rings. The maximum Gasteiger partial charge on any atom is 0.227 e. The number of hydrogen-bond acceptors (Lipinski definition) is 3. The Morgan fingerprint density at radius 2 is 1.37 bits per heavy atom. The number of fused-ring (bicyclic) bond motifs is 7. The smallest absolute Gasteiger partial charge is 0.227 e. The van der Waals surface area contributed by atoms with Crippen molar-refractivity contribution in [2.45, 2.75) is 33.6 Å². The van der Waals surface area contributed by atoms with Crippen molar-refractivity contribution in [2.75, 3.05) is 0 Å². The third kappa shape index (κ3) is 3.47. The number of aromatic nitrogens is 3. The Labute approximate surface area is 237 Å². The second kappa shape index (κ2) is 8.77. The third-order valence-corrected chi connectivity index (χ3v) is 8.33. The van der Waals surface area contributed by atoms with E-state index in [-0.39, 0.29) is 0 Å². The number of nitrogens with zero attached hydrogens (tertiary/aromatic N) is 3. The van der Waals surface area contributed by atoms with Gasteiger partial charge in [0.2, 0.25) is 5.71 Å². The normalized spacial score (nSPS) is 12.1. The molecule has 0 atom stereocenters. The van der Waals surface area contributed by atoms with Crippen LogP contribution in [-0.2, 0) is 0 Å². The van der Waals surface area contributed by atoms with E-state index in [9.17, 15) is 0 Å². The van der Waals surface area contributed by atoms with Gasteiger partial charge in [-0.2, -0.15) is 0 Å². The number of rotatable bonds is 3. The van der Waals surface area contributed by atoms with E-state index in [2.05, 4.69) is 127 Å². The second-order valence-corrected chi connectivity index (χ2v) is 11.3. The second-order valence-electron chi connectivity index (χ2n) is 11.3. The third-order valence-electron chi connectivity index (χ3n) is 8.33. The molecule has 0 aliphatic rings. The highest BCUT2D eigenvalue weighted by atomic mass is 16.3. The van der Waals surface area contributed by atoms with E-state index in [1.807, 2.05) is 6.92 Å². The van der Waals surface area contributed by atoms with Gasteiger partial charge in [-0.05, 0) is 77.4 Å². The molecule has 4 heteroatoms. The van der Waals surface area contributed by atoms with Crippen molar-refractivity contribution in [1.29, 1.82) is 0 Å². The molecule has 0 saturated carbocycles. The van der Waals surface area contributed by atoms with Crippen LogP contribution in [0.1, 0.15) is 36.6 Å². The van der Waals surface area contributed by atoms with Crippen molar-refractivity contribution in [3.63, 3.8) is 0 Å². The quantitative estimate of drug-likeness (QED) is 0.213. The molecule has 0 N–H and O–H groups in total. The van der Waals surface area contributed by atoms with Crippen molar-refractivity contribution in [2.24, 2.45) is 0 Å². The fourth-order valence-corrected chi connectivity index (χ4v) is 6.68. The van der Waals surface area contributed by atoms with Crippen LogP contribution in [0.2, 0.25) is 0 Å². The van der Waals surface area contributed by atoms with Gasteiger partial charge in [-0.3, -0.25) is 4.57 Å². The Morgan fingerprint density at radius 1 is 0.683 bits per heavy atom. The standard InChI is InChI=1S/C37H29N3O/c1-21(2)33-27-13-7-5-11-25(27)26-12-6-8-14-28(26)35(33)40-31-16-10-9-15-30(31)39-36(40)24-17-18-29-32(20-24)41-37-34(29)22(3)19-23(4)38-37/h5-21H,1-4H3. The number of benzene rings is 5. The topological polar surface area (TPSA) is 43.9 Å². The summed E-state index contributed by atoms with van der Waals surface area (Å²) >= 11 is 0. The van der Waals surface area contributed by atoms with Crippen LogP contribution in [0.5, 0.6) is 0 Å². The van der Waals surface area contributed by atoms with Gasteiger partial charge in [0, 0.05) is 22.0 Å². The van der Waals surface area contributed by atoms with Crippen LogP contribution in [-0.4, -0.2) is 14.5 Å². The molecule has 198 valence electrons. The van der Waals surface area contributed by atoms with Gasteiger partial charge in [0.05, 0.1) is 22.1 Å². The highest BCUT2D eigenvalue weighted by Crippen LogP contribution is 2.43. The molecule has 0 unspecified atom stereocenters. The zero-order valence-corrected chi connectivity index (χ0v) is 23.6. The number of aryl methyl sites for hydroxylation is 2. The SMILES string of the molecule is Cc1cc(C)c2c(n1)oc1cc(-c3nc4ccccc4n3-c3c(C(C)C)c4ccccc4c4ccccc34)ccc12. The minimum Gasteiger partial charge on any atom is -0.438 e. The van der Waals surface area contributed by atoms with Gasteiger partial charge >= 0.3 is 0 Å². The predicted octanol–water partition coefficient (Wildman–Crippen LogP) is 10.0. The first-order valence-electron chi connectivity index (χ1n) is 14.2. The molecule has 0 spiro atoms. The lowest BCUT2D eigenvalue weighted by Crippen LogP contribution is -2.06. The zero-order chi connectivity index (χ0) is 27.8. The van der Waals surface area contributed by atoms with E-state index in [1.165, 1.54) is 38.4 Å². The highest BCUT2D eigenvalue weighted by molar-refractivity contribution is 6.14. The molecule has 0 aliphatic carbocycles. The van der Waals surface area contributed by atoms with E-state index in [0.29, 0.717) is 11.6 Å². The van der Waals surface area contributed by atoms with Crippen molar-refractivity contribution >= 4 is 54.6 Å². The summed E-state index contributed by atoms with van der Waals surface area (Å²) in [5.41, 5.74) is 9.22. The maximum absolute atomic E-state index is 6.34. The Balaban J connectivity index is 1.51. The van der Waals surface area contributed by atoms with Crippen molar-refractivity contribution in [3.8, 4) is 17.1 Å². The van der Waals surface area contributed by atoms with E-state index >= 15 is 0 Å².